The maximum atomic E-state index is 13.2. The van der Waals surface area contributed by atoms with Crippen LogP contribution in [0.5, 0.6) is 5.75 Å². The van der Waals surface area contributed by atoms with Crippen LogP contribution in [0.2, 0.25) is 10.0 Å². The summed E-state index contributed by atoms with van der Waals surface area (Å²) < 4.78 is 39.2. The van der Waals surface area contributed by atoms with Crippen LogP contribution in [-0.2, 0) is 21.2 Å². The molecule has 0 saturated carbocycles. The number of sulfonamides is 1. The van der Waals surface area contributed by atoms with Gasteiger partial charge in [-0.25, -0.2) is 18.0 Å². The van der Waals surface area contributed by atoms with E-state index in [1.54, 1.807) is 43.3 Å². The number of aryl methyl sites for hydroxylation is 2. The Morgan fingerprint density at radius 3 is 2.36 bits per heavy atom. The highest BCUT2D eigenvalue weighted by Crippen LogP contribution is 2.33. The van der Waals surface area contributed by atoms with Crippen molar-refractivity contribution in [3.8, 4) is 5.75 Å². The van der Waals surface area contributed by atoms with Crippen LogP contribution in [0.25, 0.3) is 11.0 Å². The fourth-order valence-corrected chi connectivity index (χ4v) is 5.11. The summed E-state index contributed by atoms with van der Waals surface area (Å²) in [5.41, 5.74) is 1.45. The van der Waals surface area contributed by atoms with Gasteiger partial charge in [0.25, 0.3) is 0 Å². The number of fused-ring (bicyclic) bond motifs is 1. The van der Waals surface area contributed by atoms with E-state index in [9.17, 15) is 18.0 Å². The third-order valence-corrected chi connectivity index (χ3v) is 7.78. The van der Waals surface area contributed by atoms with Gasteiger partial charge in [0, 0.05) is 11.5 Å². The molecule has 0 unspecified atom stereocenters. The van der Waals surface area contributed by atoms with Crippen LogP contribution in [0.1, 0.15) is 16.7 Å². The van der Waals surface area contributed by atoms with Crippen molar-refractivity contribution in [3.05, 3.63) is 104 Å². The number of halogens is 2. The molecule has 4 aromatic rings. The van der Waals surface area contributed by atoms with E-state index in [2.05, 4.69) is 4.72 Å². The predicted molar refractivity (Wildman–Crippen MR) is 138 cm³/mol. The number of nitrogens with one attached hydrogen (secondary N) is 1. The van der Waals surface area contributed by atoms with Gasteiger partial charge >= 0.3 is 11.6 Å². The molecule has 4 rings (SSSR count). The lowest BCUT2D eigenvalue weighted by Gasteiger charge is -2.18. The first-order valence-corrected chi connectivity index (χ1v) is 13.1. The maximum absolute atomic E-state index is 13.2. The molecule has 0 radical (unpaired) electrons. The highest BCUT2D eigenvalue weighted by molar-refractivity contribution is 7.89. The minimum absolute atomic E-state index is 0.0110. The molecular weight excluding hydrogens is 525 g/mol. The van der Waals surface area contributed by atoms with Gasteiger partial charge in [0.2, 0.25) is 10.0 Å². The minimum Gasteiger partial charge on any atom is -0.424 e. The summed E-state index contributed by atoms with van der Waals surface area (Å²) in [5, 5.41) is 0.464. The van der Waals surface area contributed by atoms with Crippen LogP contribution >= 0.6 is 23.2 Å². The molecule has 0 amide bonds. The lowest BCUT2D eigenvalue weighted by molar-refractivity contribution is -0.136. The van der Waals surface area contributed by atoms with E-state index >= 15 is 0 Å². The molecule has 1 N–H and O–H groups in total. The third-order valence-electron chi connectivity index (χ3n) is 5.56. The molecule has 0 aliphatic rings. The van der Waals surface area contributed by atoms with E-state index in [-0.39, 0.29) is 32.7 Å². The van der Waals surface area contributed by atoms with E-state index in [4.69, 9.17) is 32.4 Å². The van der Waals surface area contributed by atoms with Crippen LogP contribution in [0.4, 0.5) is 0 Å². The van der Waals surface area contributed by atoms with E-state index in [0.29, 0.717) is 16.5 Å². The molecule has 3 aromatic carbocycles. The normalized spacial score (nSPS) is 12.4. The number of carbonyl (C=O) groups excluding carboxylic acids is 1. The summed E-state index contributed by atoms with van der Waals surface area (Å²) >= 11 is 12.3. The largest absolute Gasteiger partial charge is 0.424 e. The fraction of sp³-hybridized carbons (Fsp3) is 0.154. The van der Waals surface area contributed by atoms with Gasteiger partial charge in [0.05, 0.1) is 9.92 Å². The standard InChI is InChI=1S/C26H21Cl2NO6S/c1-15-8-10-18(11-9-15)36(32,33)29-21(12-17-6-4-3-5-7-17)25(30)35-23-14-22-19(13-20(23)27)16(2)24(28)26(31)34-22/h3-11,13-14,21,29H,12H2,1-2H3/t21-/m1/s1. The molecule has 1 heterocycles. The Kier molecular flexibility index (Phi) is 7.51. The number of rotatable bonds is 7. The Labute approximate surface area is 217 Å². The third kappa shape index (κ3) is 5.63. The molecule has 1 aromatic heterocycles. The zero-order valence-corrected chi connectivity index (χ0v) is 21.6. The number of ether oxygens (including phenoxy) is 1. The SMILES string of the molecule is Cc1ccc(S(=O)(=O)N[C@H](Cc2ccccc2)C(=O)Oc2cc3oc(=O)c(Cl)c(C)c3cc2Cl)cc1. The van der Waals surface area contributed by atoms with Crippen LogP contribution in [-0.4, -0.2) is 20.4 Å². The molecule has 7 nitrogen and oxygen atoms in total. The monoisotopic (exact) mass is 545 g/mol. The van der Waals surface area contributed by atoms with Gasteiger partial charge in [-0.2, -0.15) is 4.72 Å². The number of carbonyl (C=O) groups is 1. The smallest absolute Gasteiger partial charge is 0.355 e. The van der Waals surface area contributed by atoms with E-state index < -0.39 is 27.7 Å². The summed E-state index contributed by atoms with van der Waals surface area (Å²) in [7, 11) is -4.05. The van der Waals surface area contributed by atoms with Gasteiger partial charge in [0.15, 0.2) is 5.75 Å². The van der Waals surface area contributed by atoms with Gasteiger partial charge in [-0.05, 0) is 49.6 Å². The van der Waals surface area contributed by atoms with Crippen LogP contribution in [0.3, 0.4) is 0 Å². The lowest BCUT2D eigenvalue weighted by Crippen LogP contribution is -2.44. The van der Waals surface area contributed by atoms with E-state index in [1.165, 1.54) is 24.3 Å². The molecule has 0 fully saturated rings. The van der Waals surface area contributed by atoms with Crippen molar-refractivity contribution in [2.24, 2.45) is 0 Å². The van der Waals surface area contributed by atoms with Crippen LogP contribution < -0.4 is 15.1 Å². The zero-order chi connectivity index (χ0) is 26.0. The minimum atomic E-state index is -4.05. The average Bonchev–Trinajstić information content (AvgIpc) is 2.84. The predicted octanol–water partition coefficient (Wildman–Crippen LogP) is 5.21. The van der Waals surface area contributed by atoms with Crippen molar-refractivity contribution >= 4 is 50.2 Å². The molecule has 1 atom stereocenters. The number of hydrogen-bond acceptors (Lipinski definition) is 6. The van der Waals surface area contributed by atoms with Gasteiger partial charge in [-0.1, -0.05) is 71.2 Å². The second kappa shape index (κ2) is 10.4. The van der Waals surface area contributed by atoms with Crippen molar-refractivity contribution in [1.82, 2.24) is 4.72 Å². The van der Waals surface area contributed by atoms with Crippen molar-refractivity contribution in [1.29, 1.82) is 0 Å². The highest BCUT2D eigenvalue weighted by atomic mass is 35.5. The van der Waals surface area contributed by atoms with E-state index in [0.717, 1.165) is 5.56 Å². The summed E-state index contributed by atoms with van der Waals surface area (Å²) in [6.45, 7) is 3.48. The molecule has 0 bridgehead atoms. The first kappa shape index (κ1) is 25.9. The van der Waals surface area contributed by atoms with Crippen molar-refractivity contribution in [2.45, 2.75) is 31.2 Å². The second-order valence-electron chi connectivity index (χ2n) is 8.21. The lowest BCUT2D eigenvalue weighted by atomic mass is 10.1. The second-order valence-corrected chi connectivity index (χ2v) is 10.7. The zero-order valence-electron chi connectivity index (χ0n) is 19.2. The summed E-state index contributed by atoms with van der Waals surface area (Å²) in [4.78, 5) is 25.2. The van der Waals surface area contributed by atoms with Gasteiger partial charge < -0.3 is 9.15 Å². The molecule has 186 valence electrons. The van der Waals surface area contributed by atoms with Crippen molar-refractivity contribution in [3.63, 3.8) is 0 Å². The van der Waals surface area contributed by atoms with Crippen molar-refractivity contribution < 1.29 is 22.4 Å². The summed E-state index contributed by atoms with van der Waals surface area (Å²) in [6, 6.07) is 16.6. The van der Waals surface area contributed by atoms with Crippen LogP contribution in [0, 0.1) is 13.8 Å². The van der Waals surface area contributed by atoms with Gasteiger partial charge in [-0.15, -0.1) is 0 Å². The first-order valence-electron chi connectivity index (χ1n) is 10.8. The van der Waals surface area contributed by atoms with Gasteiger partial charge in [-0.3, -0.25) is 0 Å². The maximum Gasteiger partial charge on any atom is 0.355 e. The Balaban J connectivity index is 1.67. The van der Waals surface area contributed by atoms with Crippen LogP contribution in [0.15, 0.2) is 80.8 Å². The Morgan fingerprint density at radius 2 is 1.69 bits per heavy atom. The average molecular weight is 546 g/mol. The number of hydrogen-bond donors (Lipinski definition) is 1. The molecule has 0 saturated heterocycles. The Hall–Kier alpha value is -3.17. The fourth-order valence-electron chi connectivity index (χ4n) is 3.58. The summed E-state index contributed by atoms with van der Waals surface area (Å²) in [5.74, 6) is -0.976. The highest BCUT2D eigenvalue weighted by Gasteiger charge is 2.28. The molecule has 10 heteroatoms. The topological polar surface area (TPSA) is 103 Å². The molecule has 0 aliphatic carbocycles. The van der Waals surface area contributed by atoms with Gasteiger partial charge in [0.1, 0.15) is 16.6 Å². The number of benzene rings is 3. The Bertz CT molecular complexity index is 1600. The molecule has 0 spiro atoms. The molecule has 36 heavy (non-hydrogen) atoms. The Morgan fingerprint density at radius 1 is 1.03 bits per heavy atom. The van der Waals surface area contributed by atoms with E-state index in [1.807, 2.05) is 13.0 Å². The molecular formula is C26H21Cl2NO6S. The number of esters is 1. The summed E-state index contributed by atoms with van der Waals surface area (Å²) in [6.07, 6.45) is 0.0275. The quantitative estimate of drug-likeness (QED) is 0.194. The first-order chi connectivity index (χ1) is 17.0. The molecule has 0 aliphatic heterocycles. The van der Waals surface area contributed by atoms with Crippen molar-refractivity contribution in [2.75, 3.05) is 0 Å².